The van der Waals surface area contributed by atoms with Crippen LogP contribution in [0.15, 0.2) is 39.6 Å². The number of rotatable bonds is 7. The Morgan fingerprint density at radius 2 is 1.88 bits per heavy atom. The van der Waals surface area contributed by atoms with E-state index in [4.69, 9.17) is 14.9 Å². The Kier molecular flexibility index (Phi) is 4.92. The molecule has 1 aromatic heterocycles. The first-order valence-corrected chi connectivity index (χ1v) is 12.3. The normalized spacial score (nSPS) is 27.3. The Bertz CT molecular complexity index is 1260. The van der Waals surface area contributed by atoms with Crippen LogP contribution in [0.5, 0.6) is 0 Å². The molecule has 1 spiro atoms. The Morgan fingerprint density at radius 3 is 2.44 bits per heavy atom. The topological polar surface area (TPSA) is 124 Å². The number of carbonyl (C=O) groups excluding carboxylic acids is 1. The zero-order valence-electron chi connectivity index (χ0n) is 18.3. The molecule has 8 nitrogen and oxygen atoms in total. The fraction of sp³-hybridized carbons (Fsp3) is 0.500. The van der Waals surface area contributed by atoms with Gasteiger partial charge in [0.25, 0.3) is 5.91 Å². The molecule has 2 saturated carbocycles. The largest absolute Gasteiger partial charge is 0.454 e. The summed E-state index contributed by atoms with van der Waals surface area (Å²) in [5.74, 6) is -0.568. The molecule has 1 amide bonds. The number of nitrogens with two attached hydrogens (primary N) is 1. The summed E-state index contributed by atoms with van der Waals surface area (Å²) < 4.78 is 82.1. The average molecular weight is 500 g/mol. The zero-order valence-corrected chi connectivity index (χ0v) is 19.1. The van der Waals surface area contributed by atoms with Crippen LogP contribution in [0.2, 0.25) is 0 Å². The van der Waals surface area contributed by atoms with Crippen molar-refractivity contribution in [3.05, 3.63) is 47.4 Å². The zero-order chi connectivity index (χ0) is 24.6. The van der Waals surface area contributed by atoms with E-state index in [-0.39, 0.29) is 23.8 Å². The van der Waals surface area contributed by atoms with Crippen molar-refractivity contribution in [2.75, 3.05) is 5.32 Å². The maximum Gasteiger partial charge on any atom is 0.417 e. The van der Waals surface area contributed by atoms with Gasteiger partial charge in [0.15, 0.2) is 5.76 Å². The number of carbonyl (C=O) groups is 1. The van der Waals surface area contributed by atoms with Crippen molar-refractivity contribution >= 4 is 21.6 Å². The molecule has 1 aromatic carbocycles. The van der Waals surface area contributed by atoms with Crippen LogP contribution in [0.25, 0.3) is 0 Å². The van der Waals surface area contributed by atoms with Gasteiger partial charge in [-0.05, 0) is 69.4 Å². The van der Waals surface area contributed by atoms with Crippen LogP contribution in [0, 0.1) is 0 Å². The predicted molar refractivity (Wildman–Crippen MR) is 114 cm³/mol. The monoisotopic (exact) mass is 499 g/mol. The first-order valence-electron chi connectivity index (χ1n) is 10.8. The quantitative estimate of drug-likeness (QED) is 0.536. The molecule has 6 rings (SSSR count). The number of anilines is 1. The second kappa shape index (κ2) is 7.22. The summed E-state index contributed by atoms with van der Waals surface area (Å²) in [6, 6.07) is 5.77. The van der Waals surface area contributed by atoms with Gasteiger partial charge < -0.3 is 20.2 Å². The lowest BCUT2D eigenvalue weighted by molar-refractivity contribution is -0.139. The second-order valence-electron chi connectivity index (χ2n) is 9.63. The van der Waals surface area contributed by atoms with E-state index in [0.29, 0.717) is 25.7 Å². The van der Waals surface area contributed by atoms with Crippen molar-refractivity contribution < 1.29 is 35.5 Å². The highest BCUT2D eigenvalue weighted by Crippen LogP contribution is 2.67. The fourth-order valence-corrected chi connectivity index (χ4v) is 7.30. The molecule has 3 heterocycles. The average Bonchev–Trinajstić information content (AvgIpc) is 3.32. The number of furan rings is 1. The van der Waals surface area contributed by atoms with E-state index in [2.05, 4.69) is 10.0 Å². The fourth-order valence-electron chi connectivity index (χ4n) is 5.63. The van der Waals surface area contributed by atoms with Crippen molar-refractivity contribution in [1.82, 2.24) is 4.72 Å². The lowest BCUT2D eigenvalue weighted by Gasteiger charge is -2.51. The molecule has 0 unspecified atom stereocenters. The maximum absolute atomic E-state index is 13.9. The molecule has 4 aliphatic rings. The Balaban J connectivity index is 1.40. The van der Waals surface area contributed by atoms with E-state index < -0.39 is 49.3 Å². The van der Waals surface area contributed by atoms with Crippen molar-refractivity contribution in [2.45, 2.75) is 73.4 Å². The molecule has 184 valence electrons. The van der Waals surface area contributed by atoms with E-state index in [0.717, 1.165) is 18.6 Å². The van der Waals surface area contributed by atoms with Crippen molar-refractivity contribution in [1.29, 1.82) is 0 Å². The molecular weight excluding hydrogens is 475 g/mol. The number of benzene rings is 1. The molecule has 4 fully saturated rings. The predicted octanol–water partition coefficient (Wildman–Crippen LogP) is 3.53. The highest BCUT2D eigenvalue weighted by atomic mass is 32.2. The maximum atomic E-state index is 13.9. The van der Waals surface area contributed by atoms with Crippen molar-refractivity contribution in [3.8, 4) is 0 Å². The van der Waals surface area contributed by atoms with E-state index in [1.54, 1.807) is 0 Å². The van der Waals surface area contributed by atoms with Gasteiger partial charge >= 0.3 is 6.18 Å². The molecule has 0 radical (unpaired) electrons. The van der Waals surface area contributed by atoms with E-state index in [1.165, 1.54) is 18.2 Å². The number of nitrogens with one attached hydrogen (secondary N) is 2. The third-order valence-corrected chi connectivity index (χ3v) is 8.70. The standard InChI is InChI=1S/C22H24F3N3O5S/c1-19-11-20(12-19,21(33-19)7-2-8-21)28-34(30,31)17-6-3-13(9-15(17)22(23,24)25)27-10-14-4-5-16(32-14)18(26)29/h3-6,9,27-28H,2,7-8,10-12H2,1H3,(H2,26,29). The summed E-state index contributed by atoms with van der Waals surface area (Å²) in [7, 11) is -4.49. The first-order chi connectivity index (χ1) is 15.8. The molecule has 2 saturated heterocycles. The van der Waals surface area contributed by atoms with Crippen LogP contribution >= 0.6 is 0 Å². The van der Waals surface area contributed by atoms with Gasteiger partial charge in [-0.15, -0.1) is 0 Å². The lowest BCUT2D eigenvalue weighted by atomic mass is 9.57. The summed E-state index contributed by atoms with van der Waals surface area (Å²) in [5, 5.41) is 2.75. The van der Waals surface area contributed by atoms with Gasteiger partial charge in [0.1, 0.15) is 5.76 Å². The number of ether oxygens (including phenoxy) is 1. The van der Waals surface area contributed by atoms with Crippen LogP contribution in [0.3, 0.4) is 0 Å². The third-order valence-electron chi connectivity index (χ3n) is 7.10. The molecule has 2 aromatic rings. The van der Waals surface area contributed by atoms with Gasteiger partial charge in [0.05, 0.1) is 33.7 Å². The summed E-state index contributed by atoms with van der Waals surface area (Å²) in [4.78, 5) is 10.3. The van der Waals surface area contributed by atoms with E-state index >= 15 is 0 Å². The molecule has 34 heavy (non-hydrogen) atoms. The van der Waals surface area contributed by atoms with E-state index in [9.17, 15) is 26.4 Å². The second-order valence-corrected chi connectivity index (χ2v) is 11.3. The number of alkyl halides is 3. The summed E-state index contributed by atoms with van der Waals surface area (Å²) >= 11 is 0. The molecule has 2 aliphatic carbocycles. The number of halogens is 3. The smallest absolute Gasteiger partial charge is 0.417 e. The van der Waals surface area contributed by atoms with Gasteiger partial charge in [-0.1, -0.05) is 0 Å². The van der Waals surface area contributed by atoms with Gasteiger partial charge in [-0.2, -0.15) is 13.2 Å². The number of amides is 1. The minimum atomic E-state index is -4.91. The molecule has 0 atom stereocenters. The van der Waals surface area contributed by atoms with Gasteiger partial charge in [0, 0.05) is 5.69 Å². The molecule has 4 N–H and O–H groups in total. The summed E-state index contributed by atoms with van der Waals surface area (Å²) in [6.07, 6.45) is -1.76. The van der Waals surface area contributed by atoms with Crippen LogP contribution in [-0.2, 0) is 27.5 Å². The Morgan fingerprint density at radius 1 is 1.18 bits per heavy atom. The van der Waals surface area contributed by atoms with Gasteiger partial charge in [0.2, 0.25) is 10.0 Å². The highest BCUT2D eigenvalue weighted by molar-refractivity contribution is 7.89. The minimum Gasteiger partial charge on any atom is -0.454 e. The highest BCUT2D eigenvalue weighted by Gasteiger charge is 2.75. The molecule has 2 bridgehead atoms. The minimum absolute atomic E-state index is 0.0313. The number of primary amides is 1. The molecule has 12 heteroatoms. The summed E-state index contributed by atoms with van der Waals surface area (Å²) in [6.45, 7) is 1.87. The number of sulfonamides is 1. The van der Waals surface area contributed by atoms with Crippen LogP contribution in [0.4, 0.5) is 18.9 Å². The van der Waals surface area contributed by atoms with Gasteiger partial charge in [-0.25, -0.2) is 13.1 Å². The SMILES string of the molecule is CC12CC(NS(=O)(=O)c3ccc(NCc4ccc(C(N)=O)o4)cc3C(F)(F)F)(C1)C1(CCC1)O2. The van der Waals surface area contributed by atoms with Crippen LogP contribution in [-0.4, -0.2) is 31.1 Å². The van der Waals surface area contributed by atoms with Gasteiger partial charge in [-0.3, -0.25) is 4.79 Å². The first kappa shape index (κ1) is 23.2. The third kappa shape index (κ3) is 3.59. The summed E-state index contributed by atoms with van der Waals surface area (Å²) in [5.41, 5.74) is 1.92. The van der Waals surface area contributed by atoms with Crippen molar-refractivity contribution in [3.63, 3.8) is 0 Å². The lowest BCUT2D eigenvalue weighted by Crippen LogP contribution is -2.67. The Hall–Kier alpha value is -2.57. The van der Waals surface area contributed by atoms with Crippen LogP contribution in [0.1, 0.15) is 60.9 Å². The Labute approximate surface area is 194 Å². The van der Waals surface area contributed by atoms with Crippen molar-refractivity contribution in [2.24, 2.45) is 5.73 Å². The number of hydrogen-bond donors (Lipinski definition) is 3. The molecular formula is C22H24F3N3O5S. The number of hydrogen-bond acceptors (Lipinski definition) is 6. The van der Waals surface area contributed by atoms with E-state index in [1.807, 2.05) is 6.92 Å². The van der Waals surface area contributed by atoms with Crippen LogP contribution < -0.4 is 15.8 Å². The molecule has 2 aliphatic heterocycles.